The molecule has 0 aromatic carbocycles. The first-order valence-corrected chi connectivity index (χ1v) is 4.39. The van der Waals surface area contributed by atoms with Crippen molar-refractivity contribution in [1.82, 2.24) is 0 Å². The van der Waals surface area contributed by atoms with Gasteiger partial charge in [-0.25, -0.2) is 0 Å². The van der Waals surface area contributed by atoms with E-state index in [4.69, 9.17) is 22.1 Å². The van der Waals surface area contributed by atoms with Crippen molar-refractivity contribution in [2.75, 3.05) is 6.61 Å². The van der Waals surface area contributed by atoms with E-state index in [1.54, 1.807) is 6.08 Å². The largest absolute Gasteiger partial charge is 0.374 e. The van der Waals surface area contributed by atoms with Crippen molar-refractivity contribution in [3.05, 3.63) is 11.6 Å². The maximum absolute atomic E-state index is 5.71. The molecule has 1 aliphatic rings. The van der Waals surface area contributed by atoms with Crippen LogP contribution in [0.5, 0.6) is 0 Å². The molecule has 0 bridgehead atoms. The molecule has 64 valence electrons. The first-order chi connectivity index (χ1) is 5.33. The fourth-order valence-corrected chi connectivity index (χ4v) is 1.43. The van der Waals surface area contributed by atoms with Gasteiger partial charge < -0.3 is 10.5 Å². The molecule has 0 aliphatic heterocycles. The lowest BCUT2D eigenvalue weighted by atomic mass is 10.3. The summed E-state index contributed by atoms with van der Waals surface area (Å²) >= 11 is 5.33. The van der Waals surface area contributed by atoms with Crippen molar-refractivity contribution < 1.29 is 4.74 Å². The van der Waals surface area contributed by atoms with Gasteiger partial charge in [-0.1, -0.05) is 11.6 Å². The van der Waals surface area contributed by atoms with Crippen LogP contribution in [0, 0.1) is 0 Å². The Bertz CT molecular complexity index is 138. The maximum Gasteiger partial charge on any atom is 0.0662 e. The van der Waals surface area contributed by atoms with E-state index in [2.05, 4.69) is 0 Å². The molecule has 2 nitrogen and oxygen atoms in total. The fraction of sp³-hybridized carbons (Fsp3) is 0.750. The van der Waals surface area contributed by atoms with Gasteiger partial charge in [-0.15, -0.1) is 0 Å². The monoisotopic (exact) mass is 175 g/mol. The lowest BCUT2D eigenvalue weighted by Gasteiger charge is -2.08. The summed E-state index contributed by atoms with van der Waals surface area (Å²) in [6.45, 7) is 0.612. The molecule has 1 aliphatic carbocycles. The number of hydrogen-bond acceptors (Lipinski definition) is 2. The number of halogens is 1. The van der Waals surface area contributed by atoms with Gasteiger partial charge in [0.1, 0.15) is 0 Å². The van der Waals surface area contributed by atoms with E-state index in [1.165, 1.54) is 5.54 Å². The second-order valence-electron chi connectivity index (χ2n) is 2.89. The van der Waals surface area contributed by atoms with Gasteiger partial charge in [-0.2, -0.15) is 0 Å². The Morgan fingerprint density at radius 3 is 2.91 bits per heavy atom. The molecule has 2 unspecified atom stereocenters. The highest BCUT2D eigenvalue weighted by atomic mass is 35.5. The summed E-state index contributed by atoms with van der Waals surface area (Å²) in [5.41, 5.74) is 7.19. The van der Waals surface area contributed by atoms with Crippen molar-refractivity contribution in [3.8, 4) is 0 Å². The summed E-state index contributed by atoms with van der Waals surface area (Å²) in [4.78, 5) is 0. The lowest BCUT2D eigenvalue weighted by Crippen LogP contribution is -2.17. The van der Waals surface area contributed by atoms with Crippen LogP contribution < -0.4 is 5.73 Å². The summed E-state index contributed by atoms with van der Waals surface area (Å²) in [7, 11) is 0. The smallest absolute Gasteiger partial charge is 0.0662 e. The molecule has 0 radical (unpaired) electrons. The van der Waals surface area contributed by atoms with E-state index in [0.29, 0.717) is 18.8 Å². The molecule has 0 aromatic heterocycles. The number of nitrogens with two attached hydrogens (primary N) is 1. The molecule has 0 saturated heterocycles. The molecule has 0 amide bonds. The third-order valence-corrected chi connectivity index (χ3v) is 2.12. The van der Waals surface area contributed by atoms with Crippen LogP contribution in [0.25, 0.3) is 0 Å². The van der Waals surface area contributed by atoms with E-state index in [0.717, 1.165) is 19.3 Å². The Morgan fingerprint density at radius 2 is 2.36 bits per heavy atom. The number of hydrogen-bond donors (Lipinski definition) is 1. The highest BCUT2D eigenvalue weighted by Gasteiger charge is 2.21. The van der Waals surface area contributed by atoms with Gasteiger partial charge in [-0.3, -0.25) is 0 Å². The van der Waals surface area contributed by atoms with E-state index < -0.39 is 0 Å². The summed E-state index contributed by atoms with van der Waals surface area (Å²) in [6, 6.07) is 0.347. The van der Waals surface area contributed by atoms with E-state index in [-0.39, 0.29) is 0 Å². The standard InChI is InChI=1S/C8H14ClNO/c9-4-1-5-11-8-3-2-7(10)6-8/h1,4,7-8H,2-3,5-6,10H2. The molecule has 2 atom stereocenters. The highest BCUT2D eigenvalue weighted by molar-refractivity contribution is 6.25. The van der Waals surface area contributed by atoms with Crippen molar-refractivity contribution in [3.63, 3.8) is 0 Å². The molecule has 1 fully saturated rings. The third-order valence-electron chi connectivity index (χ3n) is 1.94. The molecular formula is C8H14ClNO. The molecule has 1 saturated carbocycles. The van der Waals surface area contributed by atoms with Crippen LogP contribution in [0.3, 0.4) is 0 Å². The average molecular weight is 176 g/mol. The zero-order chi connectivity index (χ0) is 8.10. The molecule has 2 N–H and O–H groups in total. The van der Waals surface area contributed by atoms with Gasteiger partial charge in [0, 0.05) is 11.6 Å². The van der Waals surface area contributed by atoms with Crippen molar-refractivity contribution >= 4 is 11.6 Å². The van der Waals surface area contributed by atoms with E-state index in [9.17, 15) is 0 Å². The Kier molecular flexibility index (Phi) is 3.91. The Labute approximate surface area is 72.4 Å². The predicted molar refractivity (Wildman–Crippen MR) is 46.6 cm³/mol. The Balaban J connectivity index is 2.08. The second kappa shape index (κ2) is 4.75. The SMILES string of the molecule is NC1CCC(OCC=CCl)C1. The number of ether oxygens (including phenoxy) is 1. The second-order valence-corrected chi connectivity index (χ2v) is 3.14. The molecule has 0 aromatic rings. The van der Waals surface area contributed by atoms with Gasteiger partial charge in [0.05, 0.1) is 12.7 Å². The zero-order valence-corrected chi connectivity index (χ0v) is 7.26. The topological polar surface area (TPSA) is 35.2 Å². The summed E-state index contributed by atoms with van der Waals surface area (Å²) < 4.78 is 5.46. The first kappa shape index (κ1) is 9.04. The third kappa shape index (κ3) is 3.23. The van der Waals surface area contributed by atoms with Crippen LogP contribution in [0.1, 0.15) is 19.3 Å². The molecular weight excluding hydrogens is 162 g/mol. The van der Waals surface area contributed by atoms with E-state index in [1.807, 2.05) is 0 Å². The fourth-order valence-electron chi connectivity index (χ4n) is 1.35. The van der Waals surface area contributed by atoms with Crippen molar-refractivity contribution in [2.24, 2.45) is 5.73 Å². The Hall–Kier alpha value is -0.0500. The van der Waals surface area contributed by atoms with Gasteiger partial charge in [0.15, 0.2) is 0 Å². The summed E-state index contributed by atoms with van der Waals surface area (Å²) in [6.07, 6.45) is 5.34. The summed E-state index contributed by atoms with van der Waals surface area (Å²) in [5.74, 6) is 0. The zero-order valence-electron chi connectivity index (χ0n) is 6.50. The van der Waals surface area contributed by atoms with Crippen molar-refractivity contribution in [1.29, 1.82) is 0 Å². The molecule has 11 heavy (non-hydrogen) atoms. The van der Waals surface area contributed by atoms with Crippen LogP contribution >= 0.6 is 11.6 Å². The summed E-state index contributed by atoms with van der Waals surface area (Å²) in [5, 5.41) is 0. The van der Waals surface area contributed by atoms with Crippen LogP contribution in [-0.4, -0.2) is 18.8 Å². The van der Waals surface area contributed by atoms with E-state index >= 15 is 0 Å². The first-order valence-electron chi connectivity index (χ1n) is 3.95. The van der Waals surface area contributed by atoms with Gasteiger partial charge in [0.25, 0.3) is 0 Å². The molecule has 0 heterocycles. The van der Waals surface area contributed by atoms with Gasteiger partial charge in [0.2, 0.25) is 0 Å². The highest BCUT2D eigenvalue weighted by Crippen LogP contribution is 2.19. The minimum atomic E-state index is 0.347. The lowest BCUT2D eigenvalue weighted by molar-refractivity contribution is 0.0791. The molecule has 1 rings (SSSR count). The minimum Gasteiger partial charge on any atom is -0.374 e. The van der Waals surface area contributed by atoms with Crippen LogP contribution in [0.4, 0.5) is 0 Å². The quantitative estimate of drug-likeness (QED) is 0.708. The van der Waals surface area contributed by atoms with Crippen LogP contribution in [0.15, 0.2) is 11.6 Å². The molecule has 3 heteroatoms. The average Bonchev–Trinajstić information content (AvgIpc) is 2.37. The number of rotatable bonds is 3. The van der Waals surface area contributed by atoms with Gasteiger partial charge >= 0.3 is 0 Å². The van der Waals surface area contributed by atoms with Gasteiger partial charge in [-0.05, 0) is 25.3 Å². The van der Waals surface area contributed by atoms with Crippen molar-refractivity contribution in [2.45, 2.75) is 31.4 Å². The normalized spacial score (nSPS) is 31.8. The maximum atomic E-state index is 5.71. The van der Waals surface area contributed by atoms with Crippen LogP contribution in [0.2, 0.25) is 0 Å². The Morgan fingerprint density at radius 1 is 1.55 bits per heavy atom. The predicted octanol–water partition coefficient (Wildman–Crippen LogP) is 1.64. The van der Waals surface area contributed by atoms with Crippen LogP contribution in [-0.2, 0) is 4.74 Å². The minimum absolute atomic E-state index is 0.347. The molecule has 0 spiro atoms.